The monoisotopic (exact) mass is 1010 g/mol. The zero-order chi connectivity index (χ0) is 63.6. The molecule has 0 aliphatic carbocycles. The second-order valence-electron chi connectivity index (χ2n) is 18.7. The number of rotatable bonds is 7. The second-order valence-corrected chi connectivity index (χ2v) is 18.7. The van der Waals surface area contributed by atoms with Gasteiger partial charge in [0.1, 0.15) is 11.6 Å². The number of nitrogens with zero attached hydrogens (tertiary/aromatic N) is 8. The third-order valence-electron chi connectivity index (χ3n) is 14.7. The van der Waals surface area contributed by atoms with E-state index in [1.165, 1.54) is 0 Å². The molecular weight excluding hydrogens is 953 g/mol. The quantitative estimate of drug-likeness (QED) is 0.159. The third kappa shape index (κ3) is 6.24. The van der Waals surface area contributed by atoms with E-state index in [1.54, 1.807) is 48.5 Å². The maximum absolute atomic E-state index is 13.1. The average Bonchev–Trinajstić information content (AvgIpc) is 1.43. The molecule has 5 heterocycles. The van der Waals surface area contributed by atoms with Gasteiger partial charge in [-0.3, -0.25) is 0 Å². The molecule has 0 radical (unpaired) electrons. The summed E-state index contributed by atoms with van der Waals surface area (Å²) in [5, 5.41) is 17.7. The molecule has 0 unspecified atom stereocenters. The highest BCUT2D eigenvalue weighted by molar-refractivity contribution is 6.17. The van der Waals surface area contributed by atoms with Crippen LogP contribution in [-0.2, 0) is 0 Å². The van der Waals surface area contributed by atoms with Crippen molar-refractivity contribution in [2.75, 3.05) is 0 Å². The second kappa shape index (κ2) is 17.1. The Hall–Kier alpha value is -10.9. The lowest BCUT2D eigenvalue weighted by atomic mass is 9.97. The van der Waals surface area contributed by atoms with E-state index in [-0.39, 0.29) is 58.0 Å². The summed E-state index contributed by atoms with van der Waals surface area (Å²) >= 11 is 0. The van der Waals surface area contributed by atoms with E-state index in [0.717, 1.165) is 0 Å². The minimum absolute atomic E-state index is 0.0316. The molecule has 0 N–H and O–H groups in total. The largest absolute Gasteiger partial charge is 0.307 e. The topological polar surface area (TPSA) is 82.2 Å². The van der Waals surface area contributed by atoms with Gasteiger partial charge in [0.05, 0.1) is 91.6 Å². The predicted molar refractivity (Wildman–Crippen MR) is 318 cm³/mol. The number of fused-ring (bicyclic) bond motifs is 12. The lowest BCUT2D eigenvalue weighted by Crippen LogP contribution is -2.17. The van der Waals surface area contributed by atoms with Crippen molar-refractivity contribution in [1.29, 1.82) is 5.26 Å². The number of hydrogen-bond donors (Lipinski definition) is 0. The Balaban J connectivity index is 1.30. The summed E-state index contributed by atoms with van der Waals surface area (Å²) in [5.74, 6) is -1.53. The average molecular weight is 1010 g/mol. The number of hydrogen-bond acceptors (Lipinski definition) is 4. The highest BCUT2D eigenvalue weighted by atomic mass is 15.1. The minimum Gasteiger partial charge on any atom is -0.307 e. The van der Waals surface area contributed by atoms with Crippen LogP contribution in [0.3, 0.4) is 0 Å². The van der Waals surface area contributed by atoms with Crippen molar-refractivity contribution in [1.82, 2.24) is 33.2 Å². The normalized spacial score (nSPS) is 14.3. The smallest absolute Gasteiger partial charge is 0.168 e. The van der Waals surface area contributed by atoms with Gasteiger partial charge in [-0.2, -0.15) is 5.26 Å². The molecular formula is C70H42N8. The summed E-state index contributed by atoms with van der Waals surface area (Å²) in [6.45, 7) is 0. The van der Waals surface area contributed by atoms with Gasteiger partial charge in [0.15, 0.2) is 17.5 Å². The van der Waals surface area contributed by atoms with Crippen LogP contribution in [0.2, 0.25) is 0 Å². The fourth-order valence-electron chi connectivity index (χ4n) is 11.6. The molecule has 0 bridgehead atoms. The van der Waals surface area contributed by atoms with Crippen molar-refractivity contribution in [3.63, 3.8) is 0 Å². The van der Waals surface area contributed by atoms with E-state index >= 15 is 0 Å². The van der Waals surface area contributed by atoms with Crippen molar-refractivity contribution in [2.45, 2.75) is 0 Å². The van der Waals surface area contributed by atoms with Gasteiger partial charge in [-0.1, -0.05) is 206 Å². The van der Waals surface area contributed by atoms with Gasteiger partial charge >= 0.3 is 0 Å². The summed E-state index contributed by atoms with van der Waals surface area (Å²) in [6.07, 6.45) is 0. The molecule has 16 aromatic rings. The van der Waals surface area contributed by atoms with Crippen molar-refractivity contribution < 1.29 is 19.2 Å². The number of benzene rings is 11. The summed E-state index contributed by atoms with van der Waals surface area (Å²) in [5.41, 5.74) is 3.57. The predicted octanol–water partition coefficient (Wildman–Crippen LogP) is 17.1. The molecule has 8 nitrogen and oxygen atoms in total. The molecule has 0 amide bonds. The molecule has 0 aliphatic rings. The first kappa shape index (κ1) is 31.8. The van der Waals surface area contributed by atoms with Gasteiger partial charge in [0.2, 0.25) is 0 Å². The van der Waals surface area contributed by atoms with E-state index in [1.807, 2.05) is 140 Å². The Labute approximate surface area is 466 Å². The van der Waals surface area contributed by atoms with Crippen LogP contribution in [0, 0.1) is 11.3 Å². The Bertz CT molecular complexity index is 5910. The SMILES string of the molecule is [2H]c1c([2H])c([2H])c(-c2nc(-c3c([2H])c([2H])c([2H])c([2H])c3[2H])nc(-c3c(-n4c5ccccc5c5c([2H])cccc54)c(C#N)c(-n4c5ccccc5c5c([2H])cccc54)c(-n4c5ccccc5c5c([2H])cccc54)c3-n3c4ccccc4c4c([2H])cccc43)n2)c([2H])c1[2H]. The molecule has 78 heavy (non-hydrogen) atoms. The molecule has 0 atom stereocenters. The summed E-state index contributed by atoms with van der Waals surface area (Å²) < 4.78 is 138. The molecule has 11 aromatic carbocycles. The zero-order valence-electron chi connectivity index (χ0n) is 54.7. The van der Waals surface area contributed by atoms with Gasteiger partial charge in [0, 0.05) is 54.2 Å². The first-order valence-electron chi connectivity index (χ1n) is 32.0. The summed E-state index contributed by atoms with van der Waals surface area (Å²) in [6, 6.07) is 47.1. The highest BCUT2D eigenvalue weighted by Crippen LogP contribution is 2.51. The van der Waals surface area contributed by atoms with Gasteiger partial charge < -0.3 is 18.3 Å². The van der Waals surface area contributed by atoms with Crippen molar-refractivity contribution in [2.24, 2.45) is 0 Å². The van der Waals surface area contributed by atoms with E-state index in [4.69, 9.17) is 23.2 Å². The molecule has 16 rings (SSSR count). The fourth-order valence-corrected chi connectivity index (χ4v) is 11.6. The van der Waals surface area contributed by atoms with Crippen LogP contribution in [0.1, 0.15) is 24.8 Å². The first-order chi connectivity index (χ1) is 44.5. The van der Waals surface area contributed by atoms with Gasteiger partial charge in [0.25, 0.3) is 0 Å². The van der Waals surface area contributed by atoms with E-state index in [2.05, 4.69) is 6.07 Å². The molecule has 0 saturated heterocycles. The molecule has 8 heteroatoms. The van der Waals surface area contributed by atoms with Crippen LogP contribution in [-0.4, -0.2) is 33.2 Å². The lowest BCUT2D eigenvalue weighted by Gasteiger charge is -2.29. The maximum atomic E-state index is 13.1. The maximum Gasteiger partial charge on any atom is 0.168 e. The molecule has 362 valence electrons. The number of nitriles is 1. The molecule has 5 aromatic heterocycles. The van der Waals surface area contributed by atoms with Crippen LogP contribution < -0.4 is 0 Å². The third-order valence-corrected chi connectivity index (χ3v) is 14.7. The summed E-state index contributed by atoms with van der Waals surface area (Å²) in [7, 11) is 0. The van der Waals surface area contributed by atoms with E-state index in [0.29, 0.717) is 87.2 Å². The zero-order valence-corrected chi connectivity index (χ0v) is 40.7. The molecule has 0 fully saturated rings. The van der Waals surface area contributed by atoms with Crippen LogP contribution in [0.15, 0.2) is 254 Å². The van der Waals surface area contributed by atoms with Crippen molar-refractivity contribution >= 4 is 87.2 Å². The van der Waals surface area contributed by atoms with Crippen LogP contribution in [0.5, 0.6) is 0 Å². The minimum atomic E-state index is -0.748. The fraction of sp³-hybridized carbons (Fsp3) is 0. The van der Waals surface area contributed by atoms with E-state index in [9.17, 15) is 16.2 Å². The standard InChI is InChI=1S/C70H42N8/c71-43-54-64(75-55-35-15-7-27-46(55)47-28-8-16-36-56(47)75)63(70-73-68(44-23-3-1-4-24-44)72-69(74-70)45-25-5-2-6-26-45)66(77-59-39-19-11-31-50(59)51-32-12-20-40-60(51)77)67(78-61-41-21-13-33-52(61)53-34-14-22-42-62(53)78)65(54)76-57-37-17-9-29-48(57)49-30-10-18-38-58(49)76/h1-42H/i1D,2D,3D,4D,5D,6D,23D,24D,25D,26D,27D,29D,31D,33D. The van der Waals surface area contributed by atoms with Gasteiger partial charge in [-0.25, -0.2) is 15.0 Å². The highest BCUT2D eigenvalue weighted by Gasteiger charge is 2.36. The van der Waals surface area contributed by atoms with Crippen molar-refractivity contribution in [3.05, 3.63) is 260 Å². The van der Waals surface area contributed by atoms with Gasteiger partial charge in [-0.05, 0) is 48.5 Å². The van der Waals surface area contributed by atoms with Crippen molar-refractivity contribution in [3.8, 4) is 63.0 Å². The van der Waals surface area contributed by atoms with Gasteiger partial charge in [-0.15, -0.1) is 0 Å². The molecule has 0 spiro atoms. The summed E-state index contributed by atoms with van der Waals surface area (Å²) in [4.78, 5) is 15.3. The molecule has 0 saturated carbocycles. The Morgan fingerprint density at radius 1 is 0.295 bits per heavy atom. The first-order valence-corrected chi connectivity index (χ1v) is 25.0. The number of para-hydroxylation sites is 8. The number of aromatic nitrogens is 7. The lowest BCUT2D eigenvalue weighted by molar-refractivity contribution is 1.01. The van der Waals surface area contributed by atoms with E-state index < -0.39 is 89.0 Å². The Morgan fingerprint density at radius 3 is 0.962 bits per heavy atom. The van der Waals surface area contributed by atoms with Crippen LogP contribution in [0.25, 0.3) is 144 Å². The van der Waals surface area contributed by atoms with Crippen LogP contribution >= 0.6 is 0 Å². The molecule has 0 aliphatic heterocycles. The Kier molecular flexibility index (Phi) is 6.96. The van der Waals surface area contributed by atoms with Crippen LogP contribution in [0.4, 0.5) is 0 Å². The Morgan fingerprint density at radius 2 is 0.590 bits per heavy atom.